The minimum Gasteiger partial charge on any atom is -0.489 e. The number of methoxy groups -OCH3 is 2. The van der Waals surface area contributed by atoms with E-state index in [1.165, 1.54) is 19.8 Å². The number of alkyl carbamates (subject to hydrolysis) is 2. The van der Waals surface area contributed by atoms with Gasteiger partial charge in [-0.25, -0.2) is 19.6 Å². The number of aldehydes is 1. The topological polar surface area (TPSA) is 205 Å². The van der Waals surface area contributed by atoms with Gasteiger partial charge in [0.2, 0.25) is 11.8 Å². The van der Waals surface area contributed by atoms with Crippen LogP contribution >= 0.6 is 0 Å². The number of amides is 5. The van der Waals surface area contributed by atoms with Crippen molar-refractivity contribution in [1.82, 2.24) is 35.7 Å². The molecule has 10 rings (SSSR count). The Morgan fingerprint density at radius 3 is 1.87 bits per heavy atom. The Kier molecular flexibility index (Phi) is 16.1. The van der Waals surface area contributed by atoms with Gasteiger partial charge in [0.15, 0.2) is 0 Å². The third-order valence-corrected chi connectivity index (χ3v) is 15.8. The normalized spacial score (nSPS) is 23.0. The Morgan fingerprint density at radius 1 is 0.701 bits per heavy atom. The number of rotatable bonds is 10. The number of nitrogens with one attached hydrogen (secondary N) is 3. The minimum absolute atomic E-state index is 0.00718. The summed E-state index contributed by atoms with van der Waals surface area (Å²) < 4.78 is 16.0. The van der Waals surface area contributed by atoms with Crippen LogP contribution in [-0.2, 0) is 32.2 Å². The van der Waals surface area contributed by atoms with Crippen molar-refractivity contribution in [2.75, 3.05) is 50.2 Å². The summed E-state index contributed by atoms with van der Waals surface area (Å²) >= 11 is 0. The summed E-state index contributed by atoms with van der Waals surface area (Å²) in [4.78, 5) is 90.1. The van der Waals surface area contributed by atoms with Crippen LogP contribution in [0.5, 0.6) is 5.75 Å². The Morgan fingerprint density at radius 2 is 1.30 bits per heavy atom. The van der Waals surface area contributed by atoms with Gasteiger partial charge in [-0.1, -0.05) is 47.6 Å². The maximum absolute atomic E-state index is 13.1. The fourth-order valence-corrected chi connectivity index (χ4v) is 11.7. The van der Waals surface area contributed by atoms with E-state index in [9.17, 15) is 28.8 Å². The Bertz CT molecular complexity index is 3040. The highest BCUT2D eigenvalue weighted by atomic mass is 16.5. The molecule has 18 nitrogen and oxygen atoms in total. The summed E-state index contributed by atoms with van der Waals surface area (Å²) in [6.45, 7) is 17.8. The molecule has 408 valence electrons. The zero-order valence-electron chi connectivity index (χ0n) is 45.6. The molecule has 4 fully saturated rings. The van der Waals surface area contributed by atoms with Gasteiger partial charge in [-0.15, -0.1) is 0 Å². The maximum Gasteiger partial charge on any atom is 0.407 e. The molecule has 5 aliphatic heterocycles. The number of fused-ring (bicyclic) bond motifs is 3. The molecule has 0 saturated carbocycles. The molecular formula is C59H73N9O9. The predicted octanol–water partition coefficient (Wildman–Crippen LogP) is 8.18. The van der Waals surface area contributed by atoms with Gasteiger partial charge in [-0.05, 0) is 133 Å². The number of anilines is 2. The second kappa shape index (κ2) is 22.7. The number of benzene rings is 3. The lowest BCUT2D eigenvalue weighted by molar-refractivity contribution is -0.136. The summed E-state index contributed by atoms with van der Waals surface area (Å²) in [5, 5.41) is 10.4. The maximum atomic E-state index is 13.1. The van der Waals surface area contributed by atoms with Crippen molar-refractivity contribution in [3.8, 4) is 5.75 Å². The lowest BCUT2D eigenvalue weighted by Gasteiger charge is -2.46. The lowest BCUT2D eigenvalue weighted by atomic mass is 9.79. The van der Waals surface area contributed by atoms with Gasteiger partial charge in [0.25, 0.3) is 5.91 Å². The Balaban J connectivity index is 0.000000226. The van der Waals surface area contributed by atoms with Gasteiger partial charge >= 0.3 is 12.2 Å². The van der Waals surface area contributed by atoms with E-state index < -0.39 is 11.9 Å². The average Bonchev–Trinajstić information content (AvgIpc) is 4.02. The van der Waals surface area contributed by atoms with Crippen LogP contribution in [0.15, 0.2) is 78.9 Å². The largest absolute Gasteiger partial charge is 0.489 e. The van der Waals surface area contributed by atoms with E-state index >= 15 is 0 Å². The third kappa shape index (κ3) is 12.6. The highest BCUT2D eigenvalue weighted by molar-refractivity contribution is 6.05. The molecule has 7 heterocycles. The number of likely N-dealkylation sites (tertiary alicyclic amines) is 1. The summed E-state index contributed by atoms with van der Waals surface area (Å²) in [7, 11) is 2.79. The molecule has 3 N–H and O–H groups in total. The number of piperidine rings is 3. The van der Waals surface area contributed by atoms with Crippen LogP contribution in [0.1, 0.15) is 118 Å². The second-order valence-corrected chi connectivity index (χ2v) is 23.3. The summed E-state index contributed by atoms with van der Waals surface area (Å²) in [6.07, 6.45) is 4.93. The molecule has 18 heteroatoms. The molecule has 4 saturated heterocycles. The molecule has 0 radical (unpaired) electrons. The highest BCUT2D eigenvalue weighted by Gasteiger charge is 2.41. The SMILES string of the molecule is COC(=O)NC1CCN(c2ccc3cc(C=O)ccc3n2)C(C(C)(C)C)C1.COC(=O)NC1CCN(c2ccc3cc(CN4CC[C@H](Oc5ccc6c(c5)CN([C@H]5CCC(=O)NC5=O)C6=O)C4)ccc3n2)C(C(C)(C)C)C1. The van der Waals surface area contributed by atoms with E-state index in [4.69, 9.17) is 24.2 Å². The van der Waals surface area contributed by atoms with Crippen molar-refractivity contribution in [2.45, 2.75) is 136 Å². The van der Waals surface area contributed by atoms with E-state index in [1.807, 2.05) is 36.4 Å². The van der Waals surface area contributed by atoms with Crippen LogP contribution in [0, 0.1) is 10.8 Å². The van der Waals surface area contributed by atoms with E-state index in [-0.39, 0.29) is 71.5 Å². The van der Waals surface area contributed by atoms with Crippen LogP contribution in [0.25, 0.3) is 21.8 Å². The number of carbonyl (C=O) groups excluding carboxylic acids is 6. The Hall–Kier alpha value is -7.34. The van der Waals surface area contributed by atoms with Gasteiger partial charge in [0.05, 0.1) is 25.3 Å². The molecule has 6 atom stereocenters. The monoisotopic (exact) mass is 1050 g/mol. The van der Waals surface area contributed by atoms with Crippen molar-refractivity contribution in [3.63, 3.8) is 0 Å². The van der Waals surface area contributed by atoms with Crippen molar-refractivity contribution in [1.29, 1.82) is 0 Å². The minimum atomic E-state index is -0.630. The number of hydrogen-bond acceptors (Lipinski definition) is 14. The zero-order chi connectivity index (χ0) is 54.8. The molecule has 4 unspecified atom stereocenters. The molecule has 2 aromatic heterocycles. The van der Waals surface area contributed by atoms with E-state index in [0.29, 0.717) is 24.1 Å². The first-order chi connectivity index (χ1) is 36.8. The smallest absolute Gasteiger partial charge is 0.407 e. The molecule has 5 amide bonds. The number of carbonyl (C=O) groups is 6. The molecule has 77 heavy (non-hydrogen) atoms. The van der Waals surface area contributed by atoms with Crippen LogP contribution in [0.4, 0.5) is 21.2 Å². The fourth-order valence-electron chi connectivity index (χ4n) is 11.7. The van der Waals surface area contributed by atoms with Crippen LogP contribution in [0.3, 0.4) is 0 Å². The standard InChI is InChI=1S/C38H46N6O6.C21H27N3O3/c1-38(2,3)32-19-26(39-37(48)49-4)13-16-43(32)33-11-6-24-17-23(5-9-30(24)40-33)20-42-15-14-28(22-42)50-27-7-8-29-25(18-27)21-44(36(29)47)31-10-12-34(45)41-35(31)46;1-21(2,3)18-12-16(22-20(26)27-4)9-10-24(18)19-8-6-15-11-14(13-25)5-7-17(15)23-19/h5-9,11,17-18,26,28,31-32H,10,12-16,19-22H2,1-4H3,(H,39,48)(H,41,45,46);5-8,11,13,16,18H,9-10,12H2,1-4H3,(H,22,26)/t26?,28-,31-,32?;/m0./s1. The second-order valence-electron chi connectivity index (χ2n) is 23.3. The zero-order valence-corrected chi connectivity index (χ0v) is 45.6. The molecule has 0 bridgehead atoms. The molecular weight excluding hydrogens is 979 g/mol. The first kappa shape index (κ1) is 54.4. The summed E-state index contributed by atoms with van der Waals surface area (Å²) in [5.74, 6) is 1.73. The van der Waals surface area contributed by atoms with Crippen molar-refractivity contribution in [3.05, 3.63) is 101 Å². The van der Waals surface area contributed by atoms with Gasteiger partial charge in [0, 0.05) is 91.8 Å². The molecule has 3 aromatic carbocycles. The fraction of sp³-hybridized carbons (Fsp3) is 0.492. The van der Waals surface area contributed by atoms with E-state index in [1.54, 1.807) is 17.0 Å². The van der Waals surface area contributed by atoms with Gasteiger partial charge in [-0.2, -0.15) is 0 Å². The third-order valence-electron chi connectivity index (χ3n) is 15.8. The lowest BCUT2D eigenvalue weighted by Crippen LogP contribution is -2.55. The quantitative estimate of drug-likeness (QED) is 0.0892. The van der Waals surface area contributed by atoms with Gasteiger partial charge in [-0.3, -0.25) is 29.4 Å². The molecule has 5 aromatic rings. The van der Waals surface area contributed by atoms with Crippen LogP contribution in [-0.4, -0.2) is 133 Å². The van der Waals surface area contributed by atoms with Crippen LogP contribution < -0.4 is 30.5 Å². The highest BCUT2D eigenvalue weighted by Crippen LogP contribution is 2.38. The van der Waals surface area contributed by atoms with Crippen molar-refractivity contribution in [2.24, 2.45) is 10.8 Å². The van der Waals surface area contributed by atoms with Gasteiger partial charge < -0.3 is 39.5 Å². The summed E-state index contributed by atoms with van der Waals surface area (Å²) in [6, 6.07) is 25.8. The first-order valence-corrected chi connectivity index (χ1v) is 26.9. The van der Waals surface area contributed by atoms with Crippen molar-refractivity contribution >= 4 is 69.6 Å². The van der Waals surface area contributed by atoms with Crippen molar-refractivity contribution < 1.29 is 43.0 Å². The number of imide groups is 1. The number of ether oxygens (including phenoxy) is 3. The summed E-state index contributed by atoms with van der Waals surface area (Å²) in [5.41, 5.74) is 5.15. The average molecular weight is 1050 g/mol. The number of aromatic nitrogens is 2. The Labute approximate surface area is 450 Å². The number of nitrogens with zero attached hydrogens (tertiary/aromatic N) is 6. The first-order valence-electron chi connectivity index (χ1n) is 26.9. The van der Waals surface area contributed by atoms with Gasteiger partial charge in [0.1, 0.15) is 35.8 Å². The van der Waals surface area contributed by atoms with E-state index in [2.05, 4.69) is 103 Å². The van der Waals surface area contributed by atoms with E-state index in [0.717, 1.165) is 116 Å². The van der Waals surface area contributed by atoms with Crippen LogP contribution in [0.2, 0.25) is 0 Å². The number of pyridine rings is 2. The molecule has 0 aliphatic carbocycles. The molecule has 0 spiro atoms. The predicted molar refractivity (Wildman–Crippen MR) is 294 cm³/mol. The number of hydrogen-bond donors (Lipinski definition) is 3. The molecule has 5 aliphatic rings.